The van der Waals surface area contributed by atoms with Crippen LogP contribution in [0.25, 0.3) is 0 Å². The van der Waals surface area contributed by atoms with Crippen LogP contribution in [-0.4, -0.2) is 41.7 Å². The number of alkyl halides is 1. The molecule has 0 aliphatic carbocycles. The molecule has 6 atom stereocenters. The van der Waals surface area contributed by atoms with Crippen LogP contribution >= 0.6 is 22.6 Å². The SMILES string of the molecule is I[C@@H]1CO[C@H]2O[C@H](COCc3ccccc3)[C@@H](OCc3ccccc3)[C@H](OCc3ccccc3)[C@H]21. The summed E-state index contributed by atoms with van der Waals surface area (Å²) in [5.41, 5.74) is 3.39. The lowest BCUT2D eigenvalue weighted by Gasteiger charge is -2.44. The van der Waals surface area contributed by atoms with E-state index in [-0.39, 0.29) is 34.4 Å². The molecule has 184 valence electrons. The summed E-state index contributed by atoms with van der Waals surface area (Å²) in [5.74, 6) is 0.0884. The van der Waals surface area contributed by atoms with Gasteiger partial charge in [-0.05, 0) is 16.7 Å². The van der Waals surface area contributed by atoms with Crippen molar-refractivity contribution < 1.29 is 23.7 Å². The van der Waals surface area contributed by atoms with Crippen LogP contribution in [0.1, 0.15) is 16.7 Å². The first-order valence-electron chi connectivity index (χ1n) is 12.1. The van der Waals surface area contributed by atoms with E-state index < -0.39 is 0 Å². The molecule has 0 bridgehead atoms. The predicted octanol–water partition coefficient (Wildman–Crippen LogP) is 5.55. The first-order valence-corrected chi connectivity index (χ1v) is 13.4. The second kappa shape index (κ2) is 12.4. The average molecular weight is 586 g/mol. The van der Waals surface area contributed by atoms with Gasteiger partial charge in [0.25, 0.3) is 0 Å². The standard InChI is InChI=1S/C29H31IO5/c30-24-19-34-29-26(24)28(33-18-23-14-8-3-9-15-23)27(32-17-22-12-6-2-7-13-22)25(35-29)20-31-16-21-10-4-1-5-11-21/h1-15,24-29H,16-20H2/t24-,25-,26-,27-,28-,29+/m1/s1. The minimum Gasteiger partial charge on any atom is -0.374 e. The summed E-state index contributed by atoms with van der Waals surface area (Å²) in [6, 6.07) is 30.7. The third kappa shape index (κ3) is 6.50. The third-order valence-corrected chi connectivity index (χ3v) is 7.68. The number of hydrogen-bond acceptors (Lipinski definition) is 5. The maximum Gasteiger partial charge on any atom is 0.164 e. The van der Waals surface area contributed by atoms with Gasteiger partial charge in [0, 0.05) is 3.92 Å². The summed E-state index contributed by atoms with van der Waals surface area (Å²) in [4.78, 5) is 0. The van der Waals surface area contributed by atoms with Crippen LogP contribution in [0.5, 0.6) is 0 Å². The van der Waals surface area contributed by atoms with E-state index in [0.29, 0.717) is 33.0 Å². The quantitative estimate of drug-likeness (QED) is 0.231. The van der Waals surface area contributed by atoms with Crippen LogP contribution in [0.4, 0.5) is 0 Å². The number of halogens is 1. The average Bonchev–Trinajstić information content (AvgIpc) is 3.28. The lowest BCUT2D eigenvalue weighted by molar-refractivity contribution is -0.281. The van der Waals surface area contributed by atoms with E-state index in [0.717, 1.165) is 16.7 Å². The fourth-order valence-corrected chi connectivity index (χ4v) is 5.65. The normalized spacial score (nSPS) is 28.0. The number of benzene rings is 3. The minimum absolute atomic E-state index is 0.0884. The summed E-state index contributed by atoms with van der Waals surface area (Å²) >= 11 is 2.46. The Labute approximate surface area is 220 Å². The Morgan fingerprint density at radius 3 is 1.77 bits per heavy atom. The Hall–Kier alpha value is -1.81. The van der Waals surface area contributed by atoms with Gasteiger partial charge in [0.05, 0.1) is 45.1 Å². The van der Waals surface area contributed by atoms with Gasteiger partial charge in [-0.15, -0.1) is 0 Å². The highest BCUT2D eigenvalue weighted by Gasteiger charge is 2.53. The molecule has 5 rings (SSSR count). The molecule has 0 unspecified atom stereocenters. The molecular weight excluding hydrogens is 555 g/mol. The van der Waals surface area contributed by atoms with Gasteiger partial charge in [-0.3, -0.25) is 0 Å². The summed E-state index contributed by atoms with van der Waals surface area (Å²) in [5, 5.41) is 0. The molecule has 5 nitrogen and oxygen atoms in total. The molecule has 0 amide bonds. The molecule has 6 heteroatoms. The van der Waals surface area contributed by atoms with Crippen molar-refractivity contribution in [1.29, 1.82) is 0 Å². The Bertz CT molecular complexity index is 1020. The molecule has 0 spiro atoms. The Morgan fingerprint density at radius 2 is 1.20 bits per heavy atom. The van der Waals surface area contributed by atoms with Crippen molar-refractivity contribution in [3.05, 3.63) is 108 Å². The van der Waals surface area contributed by atoms with Gasteiger partial charge in [0.1, 0.15) is 12.2 Å². The van der Waals surface area contributed by atoms with E-state index in [1.165, 1.54) is 0 Å². The van der Waals surface area contributed by atoms with E-state index in [1.807, 2.05) is 54.6 Å². The van der Waals surface area contributed by atoms with Crippen molar-refractivity contribution >= 4 is 22.6 Å². The lowest BCUT2D eigenvalue weighted by atomic mass is 9.89. The topological polar surface area (TPSA) is 46.2 Å². The molecule has 3 aromatic rings. The van der Waals surface area contributed by atoms with Crippen molar-refractivity contribution in [3.8, 4) is 0 Å². The van der Waals surface area contributed by atoms with Crippen LogP contribution in [-0.2, 0) is 43.5 Å². The highest BCUT2D eigenvalue weighted by Crippen LogP contribution is 2.41. The zero-order valence-corrected chi connectivity index (χ0v) is 21.7. The van der Waals surface area contributed by atoms with Crippen molar-refractivity contribution in [2.75, 3.05) is 13.2 Å². The molecule has 2 fully saturated rings. The predicted molar refractivity (Wildman–Crippen MR) is 142 cm³/mol. The van der Waals surface area contributed by atoms with E-state index in [9.17, 15) is 0 Å². The van der Waals surface area contributed by atoms with Crippen molar-refractivity contribution in [2.45, 2.75) is 48.3 Å². The van der Waals surface area contributed by atoms with Crippen LogP contribution in [0, 0.1) is 5.92 Å². The van der Waals surface area contributed by atoms with E-state index in [1.54, 1.807) is 0 Å². The van der Waals surface area contributed by atoms with Gasteiger partial charge in [-0.2, -0.15) is 0 Å². The van der Waals surface area contributed by atoms with E-state index >= 15 is 0 Å². The Morgan fingerprint density at radius 1 is 0.686 bits per heavy atom. The number of ether oxygens (including phenoxy) is 5. The second-order valence-corrected chi connectivity index (χ2v) is 10.6. The van der Waals surface area contributed by atoms with Crippen LogP contribution in [0.3, 0.4) is 0 Å². The molecule has 2 heterocycles. The maximum absolute atomic E-state index is 6.60. The zero-order chi connectivity index (χ0) is 23.9. The lowest BCUT2D eigenvalue weighted by Crippen LogP contribution is -2.58. The van der Waals surface area contributed by atoms with Gasteiger partial charge in [-0.25, -0.2) is 0 Å². The van der Waals surface area contributed by atoms with Crippen LogP contribution in [0.2, 0.25) is 0 Å². The van der Waals surface area contributed by atoms with Gasteiger partial charge >= 0.3 is 0 Å². The van der Waals surface area contributed by atoms with Gasteiger partial charge in [-0.1, -0.05) is 114 Å². The second-order valence-electron chi connectivity index (χ2n) is 8.99. The molecule has 2 aliphatic heterocycles. The van der Waals surface area contributed by atoms with Crippen LogP contribution in [0.15, 0.2) is 91.0 Å². The highest BCUT2D eigenvalue weighted by molar-refractivity contribution is 14.1. The monoisotopic (exact) mass is 586 g/mol. The van der Waals surface area contributed by atoms with Crippen molar-refractivity contribution in [1.82, 2.24) is 0 Å². The number of fused-ring (bicyclic) bond motifs is 1. The van der Waals surface area contributed by atoms with E-state index in [4.69, 9.17) is 23.7 Å². The zero-order valence-electron chi connectivity index (χ0n) is 19.6. The molecule has 2 aliphatic rings. The van der Waals surface area contributed by atoms with Crippen LogP contribution < -0.4 is 0 Å². The molecule has 35 heavy (non-hydrogen) atoms. The summed E-state index contributed by atoms with van der Waals surface area (Å²) < 4.78 is 32.0. The fourth-order valence-electron chi connectivity index (χ4n) is 4.69. The Balaban J connectivity index is 1.34. The molecule has 0 aromatic heterocycles. The summed E-state index contributed by atoms with van der Waals surface area (Å²) in [7, 11) is 0. The molecule has 2 saturated heterocycles. The molecule has 0 saturated carbocycles. The molecular formula is C29H31IO5. The molecule has 0 N–H and O–H groups in total. The van der Waals surface area contributed by atoms with E-state index in [2.05, 4.69) is 59.0 Å². The largest absolute Gasteiger partial charge is 0.374 e. The van der Waals surface area contributed by atoms with Gasteiger partial charge < -0.3 is 23.7 Å². The summed E-state index contributed by atoms with van der Waals surface area (Å²) in [6.07, 6.45) is -1.08. The van der Waals surface area contributed by atoms with Crippen molar-refractivity contribution in [2.24, 2.45) is 5.92 Å². The summed E-state index contributed by atoms with van der Waals surface area (Å²) in [6.45, 7) is 2.56. The van der Waals surface area contributed by atoms with Crippen molar-refractivity contribution in [3.63, 3.8) is 0 Å². The first kappa shape index (κ1) is 24.9. The Kier molecular flexibility index (Phi) is 8.83. The van der Waals surface area contributed by atoms with Gasteiger partial charge in [0.15, 0.2) is 6.29 Å². The minimum atomic E-state index is -0.320. The molecule has 0 radical (unpaired) electrons. The fraction of sp³-hybridized carbons (Fsp3) is 0.379. The smallest absolute Gasteiger partial charge is 0.164 e. The number of hydrogen-bond donors (Lipinski definition) is 0. The highest BCUT2D eigenvalue weighted by atomic mass is 127. The number of rotatable bonds is 10. The third-order valence-electron chi connectivity index (χ3n) is 6.49. The molecule has 3 aromatic carbocycles. The first-order chi connectivity index (χ1) is 17.3. The maximum atomic E-state index is 6.60. The van der Waals surface area contributed by atoms with Gasteiger partial charge in [0.2, 0.25) is 0 Å².